The van der Waals surface area contributed by atoms with Crippen LogP contribution in [0.3, 0.4) is 0 Å². The first-order valence-electron chi connectivity index (χ1n) is 5.12. The fourth-order valence-electron chi connectivity index (χ4n) is 1.64. The lowest BCUT2D eigenvalue weighted by molar-refractivity contribution is -0.591. The standard InChI is InChI=1S/C12H13BrN2O/c1-12(2)7-11(16)14-15(12)8-9-3-5-10(13)6-4-9/h3-6,8H,7H2,1-2H3/b15-8+. The molecule has 0 fully saturated rings. The number of halogens is 1. The van der Waals surface area contributed by atoms with Gasteiger partial charge >= 0.3 is 0 Å². The predicted molar refractivity (Wildman–Crippen MR) is 65.7 cm³/mol. The van der Waals surface area contributed by atoms with E-state index in [-0.39, 0.29) is 11.4 Å². The summed E-state index contributed by atoms with van der Waals surface area (Å²) in [6, 6.07) is 7.91. The van der Waals surface area contributed by atoms with Gasteiger partial charge in [-0.15, -0.1) is 0 Å². The zero-order valence-electron chi connectivity index (χ0n) is 9.27. The van der Waals surface area contributed by atoms with Gasteiger partial charge in [0.15, 0.2) is 5.54 Å². The van der Waals surface area contributed by atoms with Crippen molar-refractivity contribution in [2.24, 2.45) is 5.10 Å². The summed E-state index contributed by atoms with van der Waals surface area (Å²) >= 11 is 3.39. The average molecular weight is 281 g/mol. The van der Waals surface area contributed by atoms with Crippen LogP contribution < -0.4 is 5.11 Å². The van der Waals surface area contributed by atoms with E-state index in [0.717, 1.165) is 10.0 Å². The van der Waals surface area contributed by atoms with Gasteiger partial charge in [-0.3, -0.25) is 0 Å². The van der Waals surface area contributed by atoms with Crippen molar-refractivity contribution in [2.75, 3.05) is 0 Å². The minimum atomic E-state index is -0.218. The third kappa shape index (κ3) is 2.32. The SMILES string of the molecule is CC1(C)CC([O-])=N/[N+]1=C/c1ccc(Br)cc1. The lowest BCUT2D eigenvalue weighted by atomic mass is 10.0. The molecule has 1 aliphatic rings. The smallest absolute Gasteiger partial charge is 0.203 e. The normalized spacial score (nSPS) is 21.2. The molecule has 16 heavy (non-hydrogen) atoms. The molecule has 4 heteroatoms. The third-order valence-corrected chi connectivity index (χ3v) is 3.09. The fraction of sp³-hybridized carbons (Fsp3) is 0.333. The number of nitrogens with zero attached hydrogens (tertiary/aromatic N) is 2. The molecule has 2 rings (SSSR count). The molecule has 0 saturated carbocycles. The van der Waals surface area contributed by atoms with E-state index in [4.69, 9.17) is 0 Å². The Morgan fingerprint density at radius 2 is 2.00 bits per heavy atom. The lowest BCUT2D eigenvalue weighted by Gasteiger charge is -2.11. The fourth-order valence-corrected chi connectivity index (χ4v) is 1.90. The van der Waals surface area contributed by atoms with E-state index in [9.17, 15) is 5.11 Å². The summed E-state index contributed by atoms with van der Waals surface area (Å²) in [6.07, 6.45) is 2.37. The third-order valence-electron chi connectivity index (χ3n) is 2.56. The summed E-state index contributed by atoms with van der Waals surface area (Å²) in [6.45, 7) is 4.02. The number of benzene rings is 1. The van der Waals surface area contributed by atoms with E-state index in [1.54, 1.807) is 4.68 Å². The van der Waals surface area contributed by atoms with E-state index in [2.05, 4.69) is 21.0 Å². The molecule has 1 aromatic carbocycles. The highest BCUT2D eigenvalue weighted by Gasteiger charge is 2.36. The van der Waals surface area contributed by atoms with Crippen LogP contribution in [-0.4, -0.2) is 22.3 Å². The minimum absolute atomic E-state index is 0.0571. The number of hydrazone groups is 1. The summed E-state index contributed by atoms with van der Waals surface area (Å²) in [5.41, 5.74) is 0.819. The second-order valence-corrected chi connectivity index (χ2v) is 5.42. The van der Waals surface area contributed by atoms with Crippen LogP contribution >= 0.6 is 15.9 Å². The second-order valence-electron chi connectivity index (χ2n) is 4.51. The molecular formula is C12H13BrN2O. The number of hydrogen-bond donors (Lipinski definition) is 0. The molecule has 0 unspecified atom stereocenters. The van der Waals surface area contributed by atoms with Gasteiger partial charge in [0.05, 0.1) is 0 Å². The van der Waals surface area contributed by atoms with Crippen LogP contribution in [0.25, 0.3) is 0 Å². The van der Waals surface area contributed by atoms with E-state index in [1.165, 1.54) is 0 Å². The zero-order valence-corrected chi connectivity index (χ0v) is 10.9. The Morgan fingerprint density at radius 3 is 2.50 bits per heavy atom. The highest BCUT2D eigenvalue weighted by atomic mass is 79.9. The molecule has 0 aromatic heterocycles. The highest BCUT2D eigenvalue weighted by molar-refractivity contribution is 9.10. The first kappa shape index (κ1) is 11.3. The predicted octanol–water partition coefficient (Wildman–Crippen LogP) is 1.74. The van der Waals surface area contributed by atoms with Crippen LogP contribution in [0.4, 0.5) is 0 Å². The van der Waals surface area contributed by atoms with E-state index >= 15 is 0 Å². The van der Waals surface area contributed by atoms with Gasteiger partial charge in [0.2, 0.25) is 6.21 Å². The van der Waals surface area contributed by atoms with Crippen molar-refractivity contribution in [3.63, 3.8) is 0 Å². The summed E-state index contributed by atoms with van der Waals surface area (Å²) in [4.78, 5) is 0. The van der Waals surface area contributed by atoms with Crippen LogP contribution in [0.2, 0.25) is 0 Å². The van der Waals surface area contributed by atoms with Gasteiger partial charge in [0.1, 0.15) is 0 Å². The summed E-state index contributed by atoms with van der Waals surface area (Å²) in [5.74, 6) is -0.0571. The van der Waals surface area contributed by atoms with Gasteiger partial charge in [-0.1, -0.05) is 20.6 Å². The van der Waals surface area contributed by atoms with Crippen LogP contribution in [0.1, 0.15) is 25.8 Å². The van der Waals surface area contributed by atoms with Gasteiger partial charge in [-0.05, 0) is 29.4 Å². The topological polar surface area (TPSA) is 38.4 Å². The number of hydrogen-bond acceptors (Lipinski definition) is 2. The van der Waals surface area contributed by atoms with Crippen molar-refractivity contribution < 1.29 is 9.79 Å². The average Bonchev–Trinajstić information content (AvgIpc) is 2.43. The Bertz CT molecular complexity index is 460. The Balaban J connectivity index is 2.34. The second kappa shape index (κ2) is 4.01. The largest absolute Gasteiger partial charge is 0.857 e. The van der Waals surface area contributed by atoms with Gasteiger partial charge in [0.25, 0.3) is 0 Å². The molecule has 0 aliphatic carbocycles. The summed E-state index contributed by atoms with van der Waals surface area (Å²) in [7, 11) is 0. The van der Waals surface area contributed by atoms with Crippen molar-refractivity contribution in [3.8, 4) is 0 Å². The maximum atomic E-state index is 11.3. The molecule has 0 bridgehead atoms. The van der Waals surface area contributed by atoms with Gasteiger partial charge < -0.3 is 5.11 Å². The van der Waals surface area contributed by atoms with E-state index in [0.29, 0.717) is 6.42 Å². The van der Waals surface area contributed by atoms with Crippen LogP contribution in [0, 0.1) is 0 Å². The minimum Gasteiger partial charge on any atom is -0.857 e. The molecule has 3 nitrogen and oxygen atoms in total. The van der Waals surface area contributed by atoms with Crippen molar-refractivity contribution in [1.29, 1.82) is 0 Å². The van der Waals surface area contributed by atoms with Crippen molar-refractivity contribution in [3.05, 3.63) is 34.3 Å². The molecular weight excluding hydrogens is 268 g/mol. The molecule has 0 saturated heterocycles. The molecule has 1 aliphatic heterocycles. The van der Waals surface area contributed by atoms with Gasteiger partial charge in [0, 0.05) is 36.2 Å². The molecule has 1 aromatic rings. The molecule has 0 atom stereocenters. The highest BCUT2D eigenvalue weighted by Crippen LogP contribution is 2.20. The molecule has 1 heterocycles. The summed E-state index contributed by atoms with van der Waals surface area (Å²) < 4.78 is 2.79. The summed E-state index contributed by atoms with van der Waals surface area (Å²) in [5, 5.41) is 15.3. The Kier molecular flexibility index (Phi) is 2.84. The molecule has 0 N–H and O–H groups in total. The van der Waals surface area contributed by atoms with Crippen LogP contribution in [0.15, 0.2) is 33.8 Å². The number of rotatable bonds is 1. The Morgan fingerprint density at radius 1 is 1.38 bits per heavy atom. The van der Waals surface area contributed by atoms with Crippen molar-refractivity contribution >= 4 is 28.0 Å². The van der Waals surface area contributed by atoms with Crippen LogP contribution in [0.5, 0.6) is 0 Å². The van der Waals surface area contributed by atoms with Crippen LogP contribution in [-0.2, 0) is 0 Å². The molecule has 84 valence electrons. The lowest BCUT2D eigenvalue weighted by Crippen LogP contribution is -2.31. The van der Waals surface area contributed by atoms with Crippen molar-refractivity contribution in [1.82, 2.24) is 0 Å². The van der Waals surface area contributed by atoms with E-state index in [1.807, 2.05) is 44.3 Å². The maximum absolute atomic E-state index is 11.3. The van der Waals surface area contributed by atoms with Gasteiger partial charge in [-0.25, -0.2) is 0 Å². The first-order valence-corrected chi connectivity index (χ1v) is 5.91. The quantitative estimate of drug-likeness (QED) is 0.722. The molecule has 0 radical (unpaired) electrons. The van der Waals surface area contributed by atoms with Crippen molar-refractivity contribution in [2.45, 2.75) is 25.8 Å². The van der Waals surface area contributed by atoms with E-state index < -0.39 is 0 Å². The van der Waals surface area contributed by atoms with Gasteiger partial charge in [-0.2, -0.15) is 0 Å². The first-order chi connectivity index (χ1) is 7.47. The monoisotopic (exact) mass is 280 g/mol. The zero-order chi connectivity index (χ0) is 11.8. The molecule has 0 amide bonds. The Labute approximate surface area is 103 Å². The maximum Gasteiger partial charge on any atom is 0.203 e. The Hall–Kier alpha value is -1.16. The molecule has 0 spiro atoms.